The van der Waals surface area contributed by atoms with Crippen molar-refractivity contribution in [3.05, 3.63) is 65.7 Å². The third-order valence-corrected chi connectivity index (χ3v) is 11.8. The van der Waals surface area contributed by atoms with Gasteiger partial charge in [0.2, 0.25) is 29.5 Å². The number of benzene rings is 2. The van der Waals surface area contributed by atoms with E-state index < -0.39 is 107 Å². The molecule has 64 heavy (non-hydrogen) atoms. The first-order valence-electron chi connectivity index (χ1n) is 21.4. The lowest BCUT2D eigenvalue weighted by molar-refractivity contribution is -0.146. The van der Waals surface area contributed by atoms with Crippen LogP contribution in [0.1, 0.15) is 76.8 Å². The molecule has 352 valence electrons. The maximum Gasteiger partial charge on any atom is 0.326 e. The molecule has 0 aromatic heterocycles. The van der Waals surface area contributed by atoms with Gasteiger partial charge in [0.15, 0.2) is 0 Å². The van der Waals surface area contributed by atoms with Crippen molar-refractivity contribution in [1.82, 2.24) is 36.8 Å². The average Bonchev–Trinajstić information content (AvgIpc) is 3.26. The Hall–Kier alpha value is -5.89. The molecule has 8 N–H and O–H groups in total. The maximum absolute atomic E-state index is 14.7. The molecule has 0 aliphatic carbocycles. The number of ether oxygens (including phenoxy) is 1. The van der Waals surface area contributed by atoms with E-state index in [4.69, 9.17) is 4.74 Å². The Balaban J connectivity index is 2.09. The van der Waals surface area contributed by atoms with E-state index in [0.29, 0.717) is 12.8 Å². The van der Waals surface area contributed by atoms with Gasteiger partial charge in [-0.3, -0.25) is 28.8 Å². The highest BCUT2D eigenvalue weighted by molar-refractivity contribution is 7.90. The summed E-state index contributed by atoms with van der Waals surface area (Å²) in [5.74, 6) is -6.22. The zero-order valence-corrected chi connectivity index (χ0v) is 37.9. The first-order chi connectivity index (χ1) is 30.4. The van der Waals surface area contributed by atoms with E-state index in [9.17, 15) is 53.1 Å². The second kappa shape index (κ2) is 26.7. The summed E-state index contributed by atoms with van der Waals surface area (Å²) in [4.78, 5) is 109. The van der Waals surface area contributed by atoms with Gasteiger partial charge in [-0.05, 0) is 74.1 Å². The van der Waals surface area contributed by atoms with Crippen molar-refractivity contribution in [3.8, 4) is 5.75 Å². The first kappa shape index (κ1) is 52.5. The molecule has 7 amide bonds. The fourth-order valence-corrected chi connectivity index (χ4v) is 7.50. The van der Waals surface area contributed by atoms with Crippen LogP contribution in [0.4, 0.5) is 4.79 Å². The number of rotatable bonds is 16. The predicted molar refractivity (Wildman–Crippen MR) is 237 cm³/mol. The SMILES string of the molecule is CC[C@H](C)[C@H](NC(=O)N[C@@H]1CCCCNC(=O)[C@H](COC(C)=O)NC(=O)[C@H](CCc2ccc(O)cc2)N(C)C(=O)[C@H](CCc2ccccc2)NC(=O)[C@H](CC[S+](C)[O-])NC1=O)C(=O)O. The summed E-state index contributed by atoms with van der Waals surface area (Å²) in [7, 11) is 1.38. The summed E-state index contributed by atoms with van der Waals surface area (Å²) < 4.78 is 17.5. The van der Waals surface area contributed by atoms with Gasteiger partial charge >= 0.3 is 18.0 Å². The Kier molecular flexibility index (Phi) is 21.9. The molecule has 1 heterocycles. The first-order valence-corrected chi connectivity index (χ1v) is 23.1. The molecule has 1 aliphatic heterocycles. The summed E-state index contributed by atoms with van der Waals surface area (Å²) in [6.45, 7) is 4.02. The van der Waals surface area contributed by atoms with Crippen molar-refractivity contribution in [2.45, 2.75) is 115 Å². The molecule has 1 unspecified atom stereocenters. The molecule has 19 nitrogen and oxygen atoms in total. The minimum absolute atomic E-state index is 0.0139. The number of carbonyl (C=O) groups excluding carboxylic acids is 7. The maximum atomic E-state index is 14.7. The molecule has 1 aliphatic rings. The van der Waals surface area contributed by atoms with Gasteiger partial charge in [-0.25, -0.2) is 9.59 Å². The number of phenols is 1. The van der Waals surface area contributed by atoms with Crippen LogP contribution in [0, 0.1) is 5.92 Å². The Morgan fingerprint density at radius 3 is 2.11 bits per heavy atom. The largest absolute Gasteiger partial charge is 0.617 e. The van der Waals surface area contributed by atoms with E-state index in [1.54, 1.807) is 26.0 Å². The summed E-state index contributed by atoms with van der Waals surface area (Å²) in [6.07, 6.45) is 2.74. The molecule has 0 radical (unpaired) electrons. The lowest BCUT2D eigenvalue weighted by atomic mass is 9.99. The van der Waals surface area contributed by atoms with E-state index >= 15 is 0 Å². The molecule has 1 saturated heterocycles. The Morgan fingerprint density at radius 1 is 0.859 bits per heavy atom. The van der Waals surface area contributed by atoms with Crippen LogP contribution in [-0.2, 0) is 62.3 Å². The topological polar surface area (TPSA) is 285 Å². The Bertz CT molecular complexity index is 1890. The fraction of sp³-hybridized carbons (Fsp3) is 0.545. The zero-order chi connectivity index (χ0) is 47.3. The number of aliphatic carboxylic acids is 1. The lowest BCUT2D eigenvalue weighted by Gasteiger charge is -2.32. The van der Waals surface area contributed by atoms with E-state index in [1.807, 2.05) is 30.3 Å². The number of hydrogen-bond acceptors (Lipinski definition) is 11. The highest BCUT2D eigenvalue weighted by Gasteiger charge is 2.36. The number of carboxylic acids is 1. The number of carbonyl (C=O) groups is 8. The Labute approximate surface area is 376 Å². The van der Waals surface area contributed by atoms with Gasteiger partial charge in [0.1, 0.15) is 54.4 Å². The van der Waals surface area contributed by atoms with Gasteiger partial charge < -0.3 is 56.3 Å². The van der Waals surface area contributed by atoms with Crippen molar-refractivity contribution in [2.24, 2.45) is 5.92 Å². The monoisotopic (exact) mass is 913 g/mol. The molecule has 1 fully saturated rings. The summed E-state index contributed by atoms with van der Waals surface area (Å²) in [5, 5.41) is 35.3. The quantitative estimate of drug-likeness (QED) is 0.0867. The molecule has 8 atom stereocenters. The standard InChI is InChI=1S/C44H63N7O12S/c1-6-27(2)37(43(59)60)50-44(61)49-32-14-10-11-24-45-38(54)35(26-63-28(3)52)48-41(57)36(22-18-30-15-19-31(53)20-16-30)51(4)42(58)34(21-17-29-12-8-7-9-13-29)47-40(56)33(46-39(32)55)23-25-64(5)62/h7-9,12-13,15-16,19-20,27,32-37,53H,6,10-11,14,17-18,21-26H2,1-5H3,(H,45,54)(H,46,55)(H,47,56)(H,48,57)(H,59,60)(H2,49,50,61)/t27-,32+,33-,34-,35-,36-,37-,64?/m0/s1. The van der Waals surface area contributed by atoms with E-state index in [-0.39, 0.29) is 63.0 Å². The van der Waals surface area contributed by atoms with Crippen molar-refractivity contribution in [2.75, 3.05) is 32.2 Å². The number of esters is 1. The number of urea groups is 1. The van der Waals surface area contributed by atoms with E-state index in [0.717, 1.165) is 23.0 Å². The van der Waals surface area contributed by atoms with Crippen LogP contribution >= 0.6 is 0 Å². The van der Waals surface area contributed by atoms with Crippen LogP contribution in [-0.4, -0.2) is 136 Å². The number of aryl methyl sites for hydroxylation is 2. The highest BCUT2D eigenvalue weighted by atomic mass is 32.2. The molecule has 0 spiro atoms. The summed E-state index contributed by atoms with van der Waals surface area (Å²) >= 11 is -1.42. The third kappa shape index (κ3) is 17.7. The molecule has 20 heteroatoms. The molecule has 2 aromatic rings. The van der Waals surface area contributed by atoms with Crippen LogP contribution < -0.4 is 31.9 Å². The number of phenolic OH excluding ortho intramolecular Hbond substituents is 1. The second-order valence-electron chi connectivity index (χ2n) is 15.9. The Morgan fingerprint density at radius 2 is 1.48 bits per heavy atom. The van der Waals surface area contributed by atoms with E-state index in [2.05, 4.69) is 31.9 Å². The minimum Gasteiger partial charge on any atom is -0.617 e. The van der Waals surface area contributed by atoms with Gasteiger partial charge in [-0.1, -0.05) is 73.9 Å². The number of likely N-dealkylation sites (N-methyl/N-ethyl adjacent to an activating group) is 1. The van der Waals surface area contributed by atoms with Crippen LogP contribution in [0.3, 0.4) is 0 Å². The van der Waals surface area contributed by atoms with Crippen LogP contribution in [0.5, 0.6) is 5.75 Å². The molecule has 0 bridgehead atoms. The number of amides is 7. The zero-order valence-electron chi connectivity index (χ0n) is 37.1. The van der Waals surface area contributed by atoms with Crippen molar-refractivity contribution in [3.63, 3.8) is 0 Å². The molecule has 3 rings (SSSR count). The van der Waals surface area contributed by atoms with Gasteiger partial charge in [-0.2, -0.15) is 0 Å². The minimum atomic E-state index is -1.42. The smallest absolute Gasteiger partial charge is 0.326 e. The van der Waals surface area contributed by atoms with Crippen LogP contribution in [0.15, 0.2) is 54.6 Å². The number of aromatic hydroxyl groups is 1. The highest BCUT2D eigenvalue weighted by Crippen LogP contribution is 2.17. The van der Waals surface area contributed by atoms with Gasteiger partial charge in [0.05, 0.1) is 6.26 Å². The molecule has 2 aromatic carbocycles. The lowest BCUT2D eigenvalue weighted by Crippen LogP contribution is -2.60. The third-order valence-electron chi connectivity index (χ3n) is 11.0. The summed E-state index contributed by atoms with van der Waals surface area (Å²) in [5.41, 5.74) is 1.56. The van der Waals surface area contributed by atoms with Gasteiger partial charge in [0.25, 0.3) is 0 Å². The average molecular weight is 914 g/mol. The van der Waals surface area contributed by atoms with Crippen molar-refractivity contribution < 1.29 is 57.9 Å². The number of carboxylic acid groups (broad SMARTS) is 1. The number of hydrogen-bond donors (Lipinski definition) is 8. The predicted octanol–water partition coefficient (Wildman–Crippen LogP) is 1.04. The van der Waals surface area contributed by atoms with Crippen LogP contribution in [0.25, 0.3) is 0 Å². The number of nitrogens with one attached hydrogen (secondary N) is 6. The van der Waals surface area contributed by atoms with Gasteiger partial charge in [-0.15, -0.1) is 0 Å². The normalized spacial score (nSPS) is 22.1. The molecule has 0 saturated carbocycles. The molecular formula is C44H63N7O12S. The second-order valence-corrected chi connectivity index (χ2v) is 17.5. The fourth-order valence-electron chi connectivity index (χ4n) is 6.93. The summed E-state index contributed by atoms with van der Waals surface area (Å²) in [6, 6.07) is 6.56. The van der Waals surface area contributed by atoms with Crippen molar-refractivity contribution >= 4 is 58.7 Å². The van der Waals surface area contributed by atoms with Crippen molar-refractivity contribution in [1.29, 1.82) is 0 Å². The molecular weight excluding hydrogens is 851 g/mol. The van der Waals surface area contributed by atoms with E-state index in [1.165, 1.54) is 25.4 Å². The van der Waals surface area contributed by atoms with Gasteiger partial charge in [0, 0.05) is 26.9 Å². The van der Waals surface area contributed by atoms with Crippen LogP contribution in [0.2, 0.25) is 0 Å². The number of nitrogens with zero attached hydrogens (tertiary/aromatic N) is 1.